The van der Waals surface area contributed by atoms with E-state index in [9.17, 15) is 0 Å². The number of hydrogen-bond acceptors (Lipinski definition) is 4. The standard InChI is InChI=1S/C13H18N4S/c1-2-12-14-13(16-15-12)9-17(10-5-6-10)8-11-4-3-7-18-11/h3-4,7,10H,2,5-6,8-9H2,1H3,(H,14,15,16). The van der Waals surface area contributed by atoms with Gasteiger partial charge in [-0.3, -0.25) is 10.00 Å². The van der Waals surface area contributed by atoms with Gasteiger partial charge in [-0.25, -0.2) is 4.98 Å². The van der Waals surface area contributed by atoms with E-state index in [-0.39, 0.29) is 0 Å². The van der Waals surface area contributed by atoms with E-state index in [4.69, 9.17) is 0 Å². The number of aromatic amines is 1. The van der Waals surface area contributed by atoms with Crippen molar-refractivity contribution in [3.8, 4) is 0 Å². The highest BCUT2D eigenvalue weighted by Gasteiger charge is 2.29. The van der Waals surface area contributed by atoms with Crippen LogP contribution in [0.1, 0.15) is 36.3 Å². The molecular weight excluding hydrogens is 244 g/mol. The van der Waals surface area contributed by atoms with Gasteiger partial charge < -0.3 is 0 Å². The highest BCUT2D eigenvalue weighted by atomic mass is 32.1. The second-order valence-corrected chi connectivity index (χ2v) is 5.80. The maximum absolute atomic E-state index is 4.50. The van der Waals surface area contributed by atoms with E-state index >= 15 is 0 Å². The second kappa shape index (κ2) is 5.20. The molecule has 0 bridgehead atoms. The fraction of sp³-hybridized carbons (Fsp3) is 0.538. The molecule has 2 aromatic rings. The van der Waals surface area contributed by atoms with Gasteiger partial charge in [0.25, 0.3) is 0 Å². The highest BCUT2D eigenvalue weighted by Crippen LogP contribution is 2.30. The predicted molar refractivity (Wildman–Crippen MR) is 72.3 cm³/mol. The van der Waals surface area contributed by atoms with Crippen LogP contribution in [-0.4, -0.2) is 26.1 Å². The molecule has 5 heteroatoms. The Morgan fingerprint density at radius 2 is 2.33 bits per heavy atom. The smallest absolute Gasteiger partial charge is 0.150 e. The van der Waals surface area contributed by atoms with E-state index in [1.54, 1.807) is 0 Å². The largest absolute Gasteiger partial charge is 0.288 e. The minimum absolute atomic E-state index is 0.738. The lowest BCUT2D eigenvalue weighted by atomic mass is 10.3. The van der Waals surface area contributed by atoms with Crippen molar-refractivity contribution >= 4 is 11.3 Å². The molecule has 0 atom stereocenters. The first-order valence-electron chi connectivity index (χ1n) is 6.51. The lowest BCUT2D eigenvalue weighted by molar-refractivity contribution is 0.242. The number of thiophene rings is 1. The van der Waals surface area contributed by atoms with E-state index in [1.165, 1.54) is 17.7 Å². The molecule has 1 N–H and O–H groups in total. The molecule has 0 aliphatic heterocycles. The van der Waals surface area contributed by atoms with E-state index in [0.717, 1.165) is 37.2 Å². The molecule has 0 unspecified atom stereocenters. The van der Waals surface area contributed by atoms with Crippen LogP contribution in [0.3, 0.4) is 0 Å². The maximum atomic E-state index is 4.50. The van der Waals surface area contributed by atoms with Crippen LogP contribution in [0.5, 0.6) is 0 Å². The molecule has 96 valence electrons. The number of nitrogens with zero attached hydrogens (tertiary/aromatic N) is 3. The summed E-state index contributed by atoms with van der Waals surface area (Å²) in [5, 5.41) is 9.40. The molecule has 18 heavy (non-hydrogen) atoms. The Morgan fingerprint density at radius 1 is 1.44 bits per heavy atom. The first-order chi connectivity index (χ1) is 8.85. The third kappa shape index (κ3) is 2.79. The van der Waals surface area contributed by atoms with Gasteiger partial charge in [-0.15, -0.1) is 11.3 Å². The van der Waals surface area contributed by atoms with Crippen LogP contribution in [0.15, 0.2) is 17.5 Å². The van der Waals surface area contributed by atoms with Crippen LogP contribution in [0, 0.1) is 0 Å². The van der Waals surface area contributed by atoms with Gasteiger partial charge in [-0.05, 0) is 24.3 Å². The molecule has 1 aliphatic carbocycles. The Balaban J connectivity index is 1.66. The summed E-state index contributed by atoms with van der Waals surface area (Å²) >= 11 is 1.83. The minimum Gasteiger partial charge on any atom is -0.288 e. The minimum atomic E-state index is 0.738. The first-order valence-corrected chi connectivity index (χ1v) is 7.39. The van der Waals surface area contributed by atoms with Crippen LogP contribution >= 0.6 is 11.3 Å². The number of hydrogen-bond donors (Lipinski definition) is 1. The number of H-pyrrole nitrogens is 1. The topological polar surface area (TPSA) is 44.8 Å². The van der Waals surface area contributed by atoms with Gasteiger partial charge in [0, 0.05) is 23.9 Å². The van der Waals surface area contributed by atoms with E-state index in [2.05, 4.69) is 44.5 Å². The average molecular weight is 262 g/mol. The second-order valence-electron chi connectivity index (χ2n) is 4.77. The van der Waals surface area contributed by atoms with Crippen molar-refractivity contribution in [2.75, 3.05) is 0 Å². The molecule has 1 fully saturated rings. The fourth-order valence-electron chi connectivity index (χ4n) is 2.11. The number of nitrogens with one attached hydrogen (secondary N) is 1. The maximum Gasteiger partial charge on any atom is 0.150 e. The first kappa shape index (κ1) is 11.9. The van der Waals surface area contributed by atoms with Crippen LogP contribution in [0.2, 0.25) is 0 Å². The van der Waals surface area contributed by atoms with Gasteiger partial charge in [0.1, 0.15) is 11.6 Å². The van der Waals surface area contributed by atoms with Crippen molar-refractivity contribution in [3.05, 3.63) is 34.0 Å². The number of rotatable bonds is 6. The molecule has 0 aromatic carbocycles. The van der Waals surface area contributed by atoms with E-state index < -0.39 is 0 Å². The van der Waals surface area contributed by atoms with Crippen molar-refractivity contribution in [2.45, 2.75) is 45.3 Å². The molecule has 0 saturated heterocycles. The zero-order valence-corrected chi connectivity index (χ0v) is 11.4. The van der Waals surface area contributed by atoms with Gasteiger partial charge in [0.2, 0.25) is 0 Å². The van der Waals surface area contributed by atoms with Crippen LogP contribution in [0.4, 0.5) is 0 Å². The van der Waals surface area contributed by atoms with Gasteiger partial charge in [0.15, 0.2) is 0 Å². The van der Waals surface area contributed by atoms with Crippen molar-refractivity contribution in [2.24, 2.45) is 0 Å². The zero-order chi connectivity index (χ0) is 12.4. The molecule has 2 aromatic heterocycles. The van der Waals surface area contributed by atoms with Crippen molar-refractivity contribution < 1.29 is 0 Å². The summed E-state index contributed by atoms with van der Waals surface area (Å²) in [5.41, 5.74) is 0. The molecule has 1 aliphatic rings. The third-order valence-electron chi connectivity index (χ3n) is 3.25. The molecule has 0 radical (unpaired) electrons. The summed E-state index contributed by atoms with van der Waals surface area (Å²) in [7, 11) is 0. The summed E-state index contributed by atoms with van der Waals surface area (Å²) in [6, 6.07) is 5.06. The molecule has 0 spiro atoms. The SMILES string of the molecule is CCc1n[nH]c(CN(Cc2cccs2)C2CC2)n1. The molecular formula is C13H18N4S. The Hall–Kier alpha value is -1.20. The van der Waals surface area contributed by atoms with Gasteiger partial charge in [-0.2, -0.15) is 5.10 Å². The normalized spacial score (nSPS) is 15.4. The van der Waals surface area contributed by atoms with E-state index in [1.807, 2.05) is 11.3 Å². The van der Waals surface area contributed by atoms with Crippen LogP contribution in [0.25, 0.3) is 0 Å². The summed E-state index contributed by atoms with van der Waals surface area (Å²) in [4.78, 5) is 8.44. The van der Waals surface area contributed by atoms with Crippen LogP contribution < -0.4 is 0 Å². The highest BCUT2D eigenvalue weighted by molar-refractivity contribution is 7.09. The summed E-state index contributed by atoms with van der Waals surface area (Å²) in [5.74, 6) is 1.91. The van der Waals surface area contributed by atoms with Crippen LogP contribution in [-0.2, 0) is 19.5 Å². The summed E-state index contributed by atoms with van der Waals surface area (Å²) in [6.45, 7) is 4.00. The Morgan fingerprint density at radius 3 is 2.94 bits per heavy atom. The van der Waals surface area contributed by atoms with Crippen molar-refractivity contribution in [1.29, 1.82) is 0 Å². The molecule has 4 nitrogen and oxygen atoms in total. The predicted octanol–water partition coefficient (Wildman–Crippen LogP) is 2.59. The Labute approximate surface area is 111 Å². The number of aryl methyl sites for hydroxylation is 1. The quantitative estimate of drug-likeness (QED) is 0.870. The number of aromatic nitrogens is 3. The van der Waals surface area contributed by atoms with Crippen molar-refractivity contribution in [1.82, 2.24) is 20.1 Å². The molecule has 0 amide bonds. The lowest BCUT2D eigenvalue weighted by Crippen LogP contribution is -2.25. The third-order valence-corrected chi connectivity index (χ3v) is 4.11. The fourth-order valence-corrected chi connectivity index (χ4v) is 2.84. The summed E-state index contributed by atoms with van der Waals surface area (Å²) < 4.78 is 0. The zero-order valence-electron chi connectivity index (χ0n) is 10.6. The van der Waals surface area contributed by atoms with Gasteiger partial charge in [-0.1, -0.05) is 13.0 Å². The van der Waals surface area contributed by atoms with Gasteiger partial charge >= 0.3 is 0 Å². The molecule has 3 rings (SSSR count). The Bertz CT molecular complexity index is 487. The van der Waals surface area contributed by atoms with E-state index in [0.29, 0.717) is 0 Å². The lowest BCUT2D eigenvalue weighted by Gasteiger charge is -2.19. The molecule has 2 heterocycles. The van der Waals surface area contributed by atoms with Crippen molar-refractivity contribution in [3.63, 3.8) is 0 Å². The molecule has 1 saturated carbocycles. The summed E-state index contributed by atoms with van der Waals surface area (Å²) in [6.07, 6.45) is 3.53. The Kier molecular flexibility index (Phi) is 3.43. The van der Waals surface area contributed by atoms with Gasteiger partial charge in [0.05, 0.1) is 6.54 Å². The monoisotopic (exact) mass is 262 g/mol. The average Bonchev–Trinajstić information content (AvgIpc) is 2.92.